The molecule has 0 aromatic rings. The maximum atomic E-state index is 12.4. The lowest BCUT2D eigenvalue weighted by Gasteiger charge is -2.15. The number of carbonyl (C=O) groups excluding carboxylic acids is 1. The van der Waals surface area contributed by atoms with E-state index in [2.05, 4.69) is 10.6 Å². The Morgan fingerprint density at radius 1 is 0.789 bits per heavy atom. The molecule has 8 nitrogen and oxygen atoms in total. The van der Waals surface area contributed by atoms with Crippen LogP contribution in [0.25, 0.3) is 0 Å². The van der Waals surface area contributed by atoms with E-state index in [9.17, 15) is 19.5 Å². The predicted molar refractivity (Wildman–Crippen MR) is 150 cm³/mol. The maximum absolute atomic E-state index is 12.4. The molecule has 1 atom stereocenters. The fourth-order valence-electron chi connectivity index (χ4n) is 3.01. The third kappa shape index (κ3) is 15.2. The largest absolute Gasteiger partial charge is 0.478 e. The molecule has 0 spiro atoms. The molecule has 0 aliphatic carbocycles. The molecule has 1 aliphatic heterocycles. The van der Waals surface area contributed by atoms with E-state index >= 15 is 0 Å². The van der Waals surface area contributed by atoms with Crippen molar-refractivity contribution >= 4 is 17.8 Å². The fourth-order valence-corrected chi connectivity index (χ4v) is 3.01. The minimum atomic E-state index is -1.22. The van der Waals surface area contributed by atoms with Gasteiger partial charge in [-0.05, 0) is 52.3 Å². The smallest absolute Gasteiger partial charge is 0.352 e. The van der Waals surface area contributed by atoms with E-state index in [0.29, 0.717) is 18.7 Å². The first-order valence-electron chi connectivity index (χ1n) is 12.3. The van der Waals surface area contributed by atoms with Crippen molar-refractivity contribution in [3.8, 4) is 0 Å². The normalized spacial score (nSPS) is 19.1. The number of ether oxygens (including phenoxy) is 1. The highest BCUT2D eigenvalue weighted by molar-refractivity contribution is 5.94. The second kappa shape index (κ2) is 18.3. The van der Waals surface area contributed by atoms with Gasteiger partial charge < -0.3 is 25.6 Å². The highest BCUT2D eigenvalue weighted by Gasteiger charge is 2.23. The van der Waals surface area contributed by atoms with Crippen LogP contribution in [-0.4, -0.2) is 53.9 Å². The molecule has 0 saturated carbocycles. The van der Waals surface area contributed by atoms with Gasteiger partial charge in [-0.2, -0.15) is 0 Å². The van der Waals surface area contributed by atoms with E-state index in [1.165, 1.54) is 12.2 Å². The zero-order chi connectivity index (χ0) is 28.3. The van der Waals surface area contributed by atoms with Gasteiger partial charge >= 0.3 is 11.9 Å². The Morgan fingerprint density at radius 2 is 1.34 bits per heavy atom. The molecule has 1 unspecified atom stereocenters. The Labute approximate surface area is 224 Å². The van der Waals surface area contributed by atoms with Crippen LogP contribution in [-0.2, 0) is 19.1 Å². The molecule has 8 heteroatoms. The van der Waals surface area contributed by atoms with Crippen molar-refractivity contribution in [1.82, 2.24) is 10.6 Å². The Hall–Kier alpha value is -4.01. The molecule has 1 amide bonds. The van der Waals surface area contributed by atoms with Gasteiger partial charge in [0.1, 0.15) is 11.8 Å². The quantitative estimate of drug-likeness (QED) is 0.219. The number of carboxylic acid groups (broad SMARTS) is 2. The molecule has 204 valence electrons. The molecule has 0 aromatic carbocycles. The number of carbonyl (C=O) groups is 3. The molecule has 1 saturated heterocycles. The fraction of sp³-hybridized carbons (Fsp3) is 0.300. The first kappa shape index (κ1) is 32.0. The molecule has 0 aromatic heterocycles. The number of aliphatic carboxylic acids is 2. The van der Waals surface area contributed by atoms with Gasteiger partial charge in [-0.25, -0.2) is 9.59 Å². The molecular weight excluding hydrogens is 484 g/mol. The van der Waals surface area contributed by atoms with Gasteiger partial charge in [-0.3, -0.25) is 4.79 Å². The Kier molecular flexibility index (Phi) is 15.4. The van der Waals surface area contributed by atoms with Crippen LogP contribution in [0.15, 0.2) is 107 Å². The summed E-state index contributed by atoms with van der Waals surface area (Å²) in [4.78, 5) is 34.5. The summed E-state index contributed by atoms with van der Waals surface area (Å²) in [5, 5.41) is 23.6. The second-order valence-corrected chi connectivity index (χ2v) is 8.69. The lowest BCUT2D eigenvalue weighted by Crippen LogP contribution is -2.42. The van der Waals surface area contributed by atoms with Gasteiger partial charge in [0.2, 0.25) is 0 Å². The van der Waals surface area contributed by atoms with Crippen molar-refractivity contribution in [3.63, 3.8) is 0 Å². The van der Waals surface area contributed by atoms with E-state index in [4.69, 9.17) is 9.84 Å². The van der Waals surface area contributed by atoms with Gasteiger partial charge in [-0.15, -0.1) is 0 Å². The van der Waals surface area contributed by atoms with Crippen LogP contribution in [0.2, 0.25) is 0 Å². The maximum Gasteiger partial charge on any atom is 0.352 e. The van der Waals surface area contributed by atoms with Crippen molar-refractivity contribution < 1.29 is 29.3 Å². The van der Waals surface area contributed by atoms with E-state index in [1.54, 1.807) is 13.0 Å². The number of carboxylic acids is 2. The predicted octanol–water partition coefficient (Wildman–Crippen LogP) is 4.54. The van der Waals surface area contributed by atoms with E-state index in [1.807, 2.05) is 75.5 Å². The molecule has 0 bridgehead atoms. The lowest BCUT2D eigenvalue weighted by molar-refractivity contribution is -0.137. The monoisotopic (exact) mass is 522 g/mol. The average Bonchev–Trinajstić information content (AvgIpc) is 3.14. The van der Waals surface area contributed by atoms with Crippen LogP contribution in [0, 0.1) is 0 Å². The van der Waals surface area contributed by atoms with E-state index < -0.39 is 23.9 Å². The third-order valence-corrected chi connectivity index (χ3v) is 5.05. The van der Waals surface area contributed by atoms with Gasteiger partial charge in [-0.1, -0.05) is 83.6 Å². The Morgan fingerprint density at radius 3 is 1.92 bits per heavy atom. The SMILES string of the molecule is CC(=C/C=C/C(C)=C/C=C/C=C(C)/C=C/C=C(C)/C=C(/NC(=O)C1CNCCCO1)C(=O)O)/C=C/C(=O)O. The molecule has 38 heavy (non-hydrogen) atoms. The molecule has 1 aliphatic rings. The topological polar surface area (TPSA) is 125 Å². The van der Waals surface area contributed by atoms with Crippen LogP contribution in [0.1, 0.15) is 34.1 Å². The first-order chi connectivity index (χ1) is 18.1. The van der Waals surface area contributed by atoms with E-state index in [-0.39, 0.29) is 5.70 Å². The summed E-state index contributed by atoms with van der Waals surface area (Å²) in [6.45, 7) is 9.03. The minimum absolute atomic E-state index is 0.209. The summed E-state index contributed by atoms with van der Waals surface area (Å²) in [5.41, 5.74) is 3.31. The van der Waals surface area contributed by atoms with Gasteiger partial charge in [0, 0.05) is 19.2 Å². The highest BCUT2D eigenvalue weighted by Crippen LogP contribution is 2.06. The summed E-state index contributed by atoms with van der Waals surface area (Å²) in [6.07, 6.45) is 22.9. The number of amides is 1. The molecular formula is C30H38N2O6. The molecule has 1 rings (SSSR count). The average molecular weight is 523 g/mol. The second-order valence-electron chi connectivity index (χ2n) is 8.69. The number of allylic oxidation sites excluding steroid dienone is 16. The van der Waals surface area contributed by atoms with Crippen LogP contribution >= 0.6 is 0 Å². The van der Waals surface area contributed by atoms with Crippen molar-refractivity contribution in [2.45, 2.75) is 40.2 Å². The van der Waals surface area contributed by atoms with Crippen molar-refractivity contribution in [1.29, 1.82) is 0 Å². The number of rotatable bonds is 12. The zero-order valence-electron chi connectivity index (χ0n) is 22.4. The Bertz CT molecular complexity index is 1110. The number of nitrogens with one attached hydrogen (secondary N) is 2. The van der Waals surface area contributed by atoms with Crippen molar-refractivity contribution in [2.24, 2.45) is 0 Å². The Balaban J connectivity index is 2.69. The molecule has 1 fully saturated rings. The number of hydrogen-bond donors (Lipinski definition) is 4. The lowest BCUT2D eigenvalue weighted by atomic mass is 10.2. The van der Waals surface area contributed by atoms with Crippen LogP contribution < -0.4 is 10.6 Å². The van der Waals surface area contributed by atoms with Crippen molar-refractivity contribution in [2.75, 3.05) is 19.7 Å². The van der Waals surface area contributed by atoms with Gasteiger partial charge in [0.05, 0.1) is 0 Å². The molecule has 0 radical (unpaired) electrons. The summed E-state index contributed by atoms with van der Waals surface area (Å²) >= 11 is 0. The first-order valence-corrected chi connectivity index (χ1v) is 12.3. The van der Waals surface area contributed by atoms with Crippen LogP contribution in [0.3, 0.4) is 0 Å². The number of hydrogen-bond acceptors (Lipinski definition) is 5. The van der Waals surface area contributed by atoms with Crippen LogP contribution in [0.5, 0.6) is 0 Å². The van der Waals surface area contributed by atoms with Crippen molar-refractivity contribution in [3.05, 3.63) is 107 Å². The summed E-state index contributed by atoms with van der Waals surface area (Å²) in [5.74, 6) is -2.69. The third-order valence-electron chi connectivity index (χ3n) is 5.05. The summed E-state index contributed by atoms with van der Waals surface area (Å²) < 4.78 is 5.48. The minimum Gasteiger partial charge on any atom is -0.478 e. The van der Waals surface area contributed by atoms with Crippen LogP contribution in [0.4, 0.5) is 0 Å². The van der Waals surface area contributed by atoms with Gasteiger partial charge in [0.15, 0.2) is 0 Å². The summed E-state index contributed by atoms with van der Waals surface area (Å²) in [7, 11) is 0. The molecule has 4 N–H and O–H groups in total. The standard InChI is InChI=1S/C30H38N2O6/c1-22(12-7-14-24(3)16-17-28(33)34)10-5-6-11-23(2)13-8-15-25(4)20-26(30(36)37)32-29(35)27-21-31-18-9-19-38-27/h5-8,10-17,20,27,31H,9,18-19,21H2,1-4H3,(H,32,35)(H,33,34)(H,36,37)/b6-5+,12-7+,13-8+,17-16+,22-10+,23-11+,24-14-,25-15+,26-20+. The van der Waals surface area contributed by atoms with Gasteiger partial charge in [0.25, 0.3) is 5.91 Å². The van der Waals surface area contributed by atoms with E-state index in [0.717, 1.165) is 35.8 Å². The molecule has 1 heterocycles. The zero-order valence-corrected chi connectivity index (χ0v) is 22.4. The highest BCUT2D eigenvalue weighted by atomic mass is 16.5. The summed E-state index contributed by atoms with van der Waals surface area (Å²) in [6, 6.07) is 0.